The Balaban J connectivity index is 0.000000157. The van der Waals surface area contributed by atoms with Gasteiger partial charge in [0, 0.05) is 38.6 Å². The molecule has 5 heterocycles. The van der Waals surface area contributed by atoms with Gasteiger partial charge in [-0.25, -0.2) is 9.78 Å². The van der Waals surface area contributed by atoms with Crippen LogP contribution < -0.4 is 11.1 Å². The lowest BCUT2D eigenvalue weighted by molar-refractivity contribution is -0.373. The first-order chi connectivity index (χ1) is 13.8. The van der Waals surface area contributed by atoms with E-state index in [0.717, 1.165) is 4.57 Å². The number of amides is 1. The molecule has 0 saturated carbocycles. The second-order valence-corrected chi connectivity index (χ2v) is 6.05. The molecule has 1 N–H and O–H groups in total. The smallest absolute Gasteiger partial charge is 0.323 e. The van der Waals surface area contributed by atoms with E-state index >= 15 is 0 Å². The molecule has 0 aliphatic carbocycles. The molecule has 29 heavy (non-hydrogen) atoms. The van der Waals surface area contributed by atoms with Crippen LogP contribution in [0, 0.1) is 0 Å². The molecule has 1 fully saturated rings. The number of hydrogen-bond donors (Lipinski definition) is 1. The van der Waals surface area contributed by atoms with Gasteiger partial charge in [0.05, 0.1) is 0 Å². The van der Waals surface area contributed by atoms with E-state index in [0.29, 0.717) is 0 Å². The Labute approximate surface area is 165 Å². The van der Waals surface area contributed by atoms with Crippen molar-refractivity contribution in [1.82, 2.24) is 14.0 Å². The molecule has 2 bridgehead atoms. The molecule has 1 amide bonds. The maximum absolute atomic E-state index is 11.1. The van der Waals surface area contributed by atoms with Crippen LogP contribution in [-0.2, 0) is 33.0 Å². The zero-order valence-electron chi connectivity index (χ0n) is 15.9. The SMILES string of the molecule is CN1C(=O)C2C=CC1OO2.Cn1ccccc1=O.O=C(O)Cn1ccccc1=O. The zero-order valence-corrected chi connectivity index (χ0v) is 15.9. The van der Waals surface area contributed by atoms with Gasteiger partial charge in [-0.05, 0) is 24.3 Å². The van der Waals surface area contributed by atoms with Crippen LogP contribution in [-0.4, -0.2) is 50.4 Å². The predicted octanol–water partition coefficient (Wildman–Crippen LogP) is -0.0107. The van der Waals surface area contributed by atoms with Crippen LogP contribution in [0.3, 0.4) is 0 Å². The summed E-state index contributed by atoms with van der Waals surface area (Å²) >= 11 is 0. The number of aliphatic carboxylic acids is 1. The summed E-state index contributed by atoms with van der Waals surface area (Å²) in [7, 11) is 3.41. The number of aromatic nitrogens is 2. The van der Waals surface area contributed by atoms with E-state index in [-0.39, 0.29) is 29.8 Å². The van der Waals surface area contributed by atoms with Gasteiger partial charge in [0.15, 0.2) is 12.3 Å². The highest BCUT2D eigenvalue weighted by Gasteiger charge is 2.36. The highest BCUT2D eigenvalue weighted by Crippen LogP contribution is 2.20. The molecule has 10 heteroatoms. The highest BCUT2D eigenvalue weighted by atomic mass is 17.2. The predicted molar refractivity (Wildman–Crippen MR) is 102 cm³/mol. The van der Waals surface area contributed by atoms with Crippen molar-refractivity contribution in [3.8, 4) is 0 Å². The molecule has 0 spiro atoms. The number of nitrogens with zero attached hydrogens (tertiary/aromatic N) is 3. The number of carboxylic acid groups (broad SMARTS) is 1. The van der Waals surface area contributed by atoms with Crippen molar-refractivity contribution < 1.29 is 24.5 Å². The topological polar surface area (TPSA) is 120 Å². The van der Waals surface area contributed by atoms with Crippen molar-refractivity contribution in [3.63, 3.8) is 0 Å². The van der Waals surface area contributed by atoms with E-state index in [4.69, 9.17) is 9.99 Å². The first kappa shape index (κ1) is 21.8. The molecule has 2 aromatic rings. The van der Waals surface area contributed by atoms with Crippen molar-refractivity contribution in [3.05, 3.63) is 81.7 Å². The van der Waals surface area contributed by atoms with Crippen molar-refractivity contribution in [2.45, 2.75) is 18.9 Å². The molecule has 3 aliphatic heterocycles. The van der Waals surface area contributed by atoms with Crippen LogP contribution in [0.1, 0.15) is 0 Å². The lowest BCUT2D eigenvalue weighted by Gasteiger charge is -2.36. The van der Waals surface area contributed by atoms with Gasteiger partial charge in [0.1, 0.15) is 6.54 Å². The van der Waals surface area contributed by atoms with E-state index in [1.165, 1.54) is 27.8 Å². The van der Waals surface area contributed by atoms with E-state index in [2.05, 4.69) is 4.89 Å². The molecular weight excluding hydrogens is 382 g/mol. The number of carboxylic acids is 1. The summed E-state index contributed by atoms with van der Waals surface area (Å²) in [5.74, 6) is -1.06. The Morgan fingerprint density at radius 2 is 1.62 bits per heavy atom. The summed E-state index contributed by atoms with van der Waals surface area (Å²) in [6.45, 7) is -0.278. The second kappa shape index (κ2) is 10.2. The first-order valence-corrected chi connectivity index (χ1v) is 8.55. The zero-order chi connectivity index (χ0) is 21.4. The fraction of sp³-hybridized carbons (Fsp3) is 0.263. The first-order valence-electron chi connectivity index (χ1n) is 8.55. The minimum Gasteiger partial charge on any atom is -0.480 e. The Bertz CT molecular complexity index is 995. The number of likely N-dealkylation sites (N-methyl/N-ethyl adjacent to an activating group) is 1. The molecule has 0 radical (unpaired) electrons. The highest BCUT2D eigenvalue weighted by molar-refractivity contribution is 5.84. The molecule has 2 atom stereocenters. The van der Waals surface area contributed by atoms with Crippen molar-refractivity contribution in [2.24, 2.45) is 7.05 Å². The van der Waals surface area contributed by atoms with Gasteiger partial charge in [0.25, 0.3) is 11.5 Å². The molecule has 0 aromatic carbocycles. The number of fused-ring (bicyclic) bond motifs is 2. The van der Waals surface area contributed by atoms with Crippen molar-refractivity contribution in [1.29, 1.82) is 0 Å². The molecule has 154 valence electrons. The Kier molecular flexibility index (Phi) is 7.63. The van der Waals surface area contributed by atoms with Gasteiger partial charge in [0.2, 0.25) is 5.56 Å². The van der Waals surface area contributed by atoms with Crippen molar-refractivity contribution >= 4 is 11.9 Å². The standard InChI is InChI=1S/C7H7NO3.C6H7NO3.C6H7NO/c9-6-3-1-2-4-8(6)5-7(10)11;1-7-5-3-2-4(6(7)8)9-10-5;1-7-5-3-2-4-6(7)8/h1-4H,5H2,(H,10,11);2-5H,1H3;2-5H,1H3. The minimum atomic E-state index is -1.02. The number of rotatable bonds is 2. The quantitative estimate of drug-likeness (QED) is 0.553. The van der Waals surface area contributed by atoms with Crippen molar-refractivity contribution in [2.75, 3.05) is 7.05 Å². The molecule has 2 aromatic heterocycles. The molecule has 10 nitrogen and oxygen atoms in total. The van der Waals surface area contributed by atoms with Gasteiger partial charge < -0.3 is 19.1 Å². The van der Waals surface area contributed by atoms with Crippen LogP contribution in [0.15, 0.2) is 70.5 Å². The molecule has 1 saturated heterocycles. The molecule has 5 rings (SSSR count). The minimum absolute atomic E-state index is 0.0347. The lowest BCUT2D eigenvalue weighted by Crippen LogP contribution is -2.52. The third kappa shape index (κ3) is 6.26. The molecular formula is C19H21N3O7. The summed E-state index contributed by atoms with van der Waals surface area (Å²) in [6.07, 6.45) is 5.83. The average Bonchev–Trinajstić information content (AvgIpc) is 2.71. The van der Waals surface area contributed by atoms with Crippen LogP contribution in [0.4, 0.5) is 0 Å². The van der Waals surface area contributed by atoms with Crippen LogP contribution in [0.2, 0.25) is 0 Å². The third-order valence-corrected chi connectivity index (χ3v) is 3.89. The number of pyridine rings is 2. The Hall–Kier alpha value is -3.50. The normalized spacial score (nSPS) is 19.0. The van der Waals surface area contributed by atoms with E-state index in [1.54, 1.807) is 50.6 Å². The number of hydrogen-bond acceptors (Lipinski definition) is 6. The lowest BCUT2D eigenvalue weighted by atomic mass is 10.2. The van der Waals surface area contributed by atoms with Gasteiger partial charge in [-0.1, -0.05) is 12.1 Å². The number of aryl methyl sites for hydroxylation is 1. The summed E-state index contributed by atoms with van der Waals surface area (Å²) in [6, 6.07) is 9.58. The maximum Gasteiger partial charge on any atom is 0.323 e. The largest absolute Gasteiger partial charge is 0.480 e. The third-order valence-electron chi connectivity index (χ3n) is 3.89. The van der Waals surface area contributed by atoms with Gasteiger partial charge in [-0.2, -0.15) is 0 Å². The van der Waals surface area contributed by atoms with Gasteiger partial charge in [-0.15, -0.1) is 0 Å². The van der Waals surface area contributed by atoms with E-state index in [9.17, 15) is 19.2 Å². The van der Waals surface area contributed by atoms with E-state index < -0.39 is 12.1 Å². The molecule has 2 unspecified atom stereocenters. The van der Waals surface area contributed by atoms with Gasteiger partial charge >= 0.3 is 5.97 Å². The second-order valence-electron chi connectivity index (χ2n) is 6.05. The van der Waals surface area contributed by atoms with E-state index in [1.807, 2.05) is 6.07 Å². The van der Waals surface area contributed by atoms with Crippen LogP contribution in [0.5, 0.6) is 0 Å². The number of carbonyl (C=O) groups excluding carboxylic acids is 1. The fourth-order valence-electron chi connectivity index (χ4n) is 2.26. The summed E-state index contributed by atoms with van der Waals surface area (Å²) in [4.78, 5) is 53.6. The summed E-state index contributed by atoms with van der Waals surface area (Å²) in [5, 5.41) is 8.33. The summed E-state index contributed by atoms with van der Waals surface area (Å²) < 4.78 is 2.66. The Morgan fingerprint density at radius 1 is 0.966 bits per heavy atom. The summed E-state index contributed by atoms with van der Waals surface area (Å²) in [5.41, 5.74) is -0.262. The average molecular weight is 403 g/mol. The molecule has 3 aliphatic rings. The van der Waals surface area contributed by atoms with Gasteiger partial charge in [-0.3, -0.25) is 19.2 Å². The van der Waals surface area contributed by atoms with Crippen LogP contribution >= 0.6 is 0 Å². The van der Waals surface area contributed by atoms with Crippen LogP contribution in [0.25, 0.3) is 0 Å². The monoisotopic (exact) mass is 403 g/mol. The maximum atomic E-state index is 11.1. The Morgan fingerprint density at radius 3 is 2.00 bits per heavy atom. The fourth-order valence-corrected chi connectivity index (χ4v) is 2.26. The number of carbonyl (C=O) groups is 2.